The van der Waals surface area contributed by atoms with Crippen molar-refractivity contribution >= 4 is 35.0 Å². The maximum absolute atomic E-state index is 12.3. The maximum Gasteiger partial charge on any atom is 0.234 e. The van der Waals surface area contributed by atoms with Gasteiger partial charge < -0.3 is 10.1 Å². The lowest BCUT2D eigenvalue weighted by atomic mass is 9.87. The zero-order valence-electron chi connectivity index (χ0n) is 14.4. The number of nitrogens with one attached hydrogen (secondary N) is 1. The number of thioether (sulfide) groups is 1. The molecule has 0 aliphatic carbocycles. The Labute approximate surface area is 152 Å². The van der Waals surface area contributed by atoms with Crippen molar-refractivity contribution in [1.29, 1.82) is 0 Å². The first kappa shape index (κ1) is 18.7. The highest BCUT2D eigenvalue weighted by Crippen LogP contribution is 2.31. The molecule has 128 valence electrons. The predicted octanol–water partition coefficient (Wildman–Crippen LogP) is 5.38. The minimum atomic E-state index is -0.0701. The third kappa shape index (κ3) is 5.18. The van der Waals surface area contributed by atoms with Crippen LogP contribution in [0.4, 0.5) is 5.69 Å². The fraction of sp³-hybridized carbons (Fsp3) is 0.316. The summed E-state index contributed by atoms with van der Waals surface area (Å²) in [4.78, 5) is 13.3. The lowest BCUT2D eigenvalue weighted by Crippen LogP contribution is -2.16. The molecule has 0 aliphatic rings. The maximum atomic E-state index is 12.3. The van der Waals surface area contributed by atoms with Gasteiger partial charge in [0.15, 0.2) is 0 Å². The Morgan fingerprint density at radius 3 is 2.42 bits per heavy atom. The van der Waals surface area contributed by atoms with Gasteiger partial charge in [0.25, 0.3) is 0 Å². The molecule has 1 N–H and O–H groups in total. The molecule has 2 rings (SSSR count). The van der Waals surface area contributed by atoms with Crippen molar-refractivity contribution in [2.45, 2.75) is 31.1 Å². The molecule has 5 heteroatoms. The minimum absolute atomic E-state index is 0.00378. The van der Waals surface area contributed by atoms with Crippen LogP contribution >= 0.6 is 23.4 Å². The third-order valence-corrected chi connectivity index (χ3v) is 4.79. The molecule has 0 radical (unpaired) electrons. The van der Waals surface area contributed by atoms with Crippen LogP contribution < -0.4 is 10.1 Å². The highest BCUT2D eigenvalue weighted by Gasteiger charge is 2.17. The van der Waals surface area contributed by atoms with Crippen LogP contribution in [0.25, 0.3) is 0 Å². The van der Waals surface area contributed by atoms with E-state index in [0.29, 0.717) is 22.2 Å². The van der Waals surface area contributed by atoms with E-state index in [1.807, 2.05) is 42.5 Å². The number of anilines is 1. The number of hydrogen-bond donors (Lipinski definition) is 1. The van der Waals surface area contributed by atoms with Crippen LogP contribution in [0, 0.1) is 0 Å². The van der Waals surface area contributed by atoms with Gasteiger partial charge in [-0.05, 0) is 47.4 Å². The average Bonchev–Trinajstić information content (AvgIpc) is 2.53. The molecule has 0 bridgehead atoms. The number of amides is 1. The van der Waals surface area contributed by atoms with Gasteiger partial charge in [0.1, 0.15) is 5.75 Å². The van der Waals surface area contributed by atoms with Crippen LogP contribution in [-0.4, -0.2) is 18.8 Å². The van der Waals surface area contributed by atoms with Gasteiger partial charge in [0.05, 0.1) is 18.6 Å². The highest BCUT2D eigenvalue weighted by molar-refractivity contribution is 8.00. The number of benzene rings is 2. The molecule has 0 unspecified atom stereocenters. The molecular formula is C19H22ClNO2S. The zero-order chi connectivity index (χ0) is 17.7. The Balaban J connectivity index is 2.05. The third-order valence-electron chi connectivity index (χ3n) is 3.52. The smallest absolute Gasteiger partial charge is 0.234 e. The zero-order valence-corrected chi connectivity index (χ0v) is 15.9. The Morgan fingerprint density at radius 1 is 1.17 bits per heavy atom. The second kappa shape index (κ2) is 7.95. The molecule has 0 saturated carbocycles. The number of ether oxygens (including phenoxy) is 1. The fourth-order valence-electron chi connectivity index (χ4n) is 2.14. The normalized spacial score (nSPS) is 11.2. The number of rotatable bonds is 5. The summed E-state index contributed by atoms with van der Waals surface area (Å²) in [5, 5.41) is 3.63. The Kier molecular flexibility index (Phi) is 6.19. The van der Waals surface area contributed by atoms with E-state index in [1.54, 1.807) is 7.11 Å². The Morgan fingerprint density at radius 2 is 1.83 bits per heavy atom. The van der Waals surface area contributed by atoms with Crippen LogP contribution in [0.1, 0.15) is 26.3 Å². The minimum Gasteiger partial charge on any atom is -0.495 e. The highest BCUT2D eigenvalue weighted by atomic mass is 35.5. The van der Waals surface area contributed by atoms with E-state index in [1.165, 1.54) is 11.8 Å². The molecular weight excluding hydrogens is 342 g/mol. The van der Waals surface area contributed by atoms with Crippen molar-refractivity contribution in [3.8, 4) is 5.75 Å². The number of halogens is 1. The van der Waals surface area contributed by atoms with E-state index < -0.39 is 0 Å². The number of carbonyl (C=O) groups is 1. The Hall–Kier alpha value is -1.65. The monoisotopic (exact) mass is 363 g/mol. The molecule has 0 saturated heterocycles. The van der Waals surface area contributed by atoms with Crippen LogP contribution in [0.5, 0.6) is 5.75 Å². The molecule has 2 aromatic rings. The van der Waals surface area contributed by atoms with Crippen LogP contribution in [0.15, 0.2) is 47.4 Å². The van der Waals surface area contributed by atoms with E-state index >= 15 is 0 Å². The number of hydrogen-bond acceptors (Lipinski definition) is 3. The molecule has 0 atom stereocenters. The van der Waals surface area contributed by atoms with E-state index in [0.717, 1.165) is 10.5 Å². The molecule has 0 aliphatic heterocycles. The second-order valence-corrected chi connectivity index (χ2v) is 7.94. The van der Waals surface area contributed by atoms with Gasteiger partial charge in [-0.25, -0.2) is 0 Å². The van der Waals surface area contributed by atoms with Crippen molar-refractivity contribution in [1.82, 2.24) is 0 Å². The molecule has 3 nitrogen and oxygen atoms in total. The standard InChI is InChI=1S/C19H22ClNO2S/c1-19(2,3)13-5-10-17(23-4)16(11-13)21-18(22)12-24-15-8-6-14(20)7-9-15/h5-11H,12H2,1-4H3,(H,21,22). The van der Waals surface area contributed by atoms with Gasteiger partial charge >= 0.3 is 0 Å². The van der Waals surface area contributed by atoms with Gasteiger partial charge in [0.2, 0.25) is 5.91 Å². The molecule has 0 fully saturated rings. The SMILES string of the molecule is COc1ccc(C(C)(C)C)cc1NC(=O)CSc1ccc(Cl)cc1. The van der Waals surface area contributed by atoms with Crippen molar-refractivity contribution in [2.24, 2.45) is 0 Å². The summed E-state index contributed by atoms with van der Waals surface area (Å²) in [5.74, 6) is 0.914. The topological polar surface area (TPSA) is 38.3 Å². The van der Waals surface area contributed by atoms with Crippen LogP contribution in [-0.2, 0) is 10.2 Å². The van der Waals surface area contributed by atoms with Gasteiger partial charge in [-0.1, -0.05) is 38.4 Å². The molecule has 0 heterocycles. The second-order valence-electron chi connectivity index (χ2n) is 6.46. The summed E-state index contributed by atoms with van der Waals surface area (Å²) < 4.78 is 5.35. The lowest BCUT2D eigenvalue weighted by Gasteiger charge is -2.21. The predicted molar refractivity (Wildman–Crippen MR) is 102 cm³/mol. The summed E-state index contributed by atoms with van der Waals surface area (Å²) in [7, 11) is 1.60. The van der Waals surface area contributed by atoms with Gasteiger partial charge in [-0.15, -0.1) is 11.8 Å². The van der Waals surface area contributed by atoms with Gasteiger partial charge in [0, 0.05) is 9.92 Å². The molecule has 24 heavy (non-hydrogen) atoms. The first-order chi connectivity index (χ1) is 11.3. The summed E-state index contributed by atoms with van der Waals surface area (Å²) in [6.07, 6.45) is 0. The largest absolute Gasteiger partial charge is 0.495 e. The molecule has 1 amide bonds. The lowest BCUT2D eigenvalue weighted by molar-refractivity contribution is -0.113. The van der Waals surface area contributed by atoms with Crippen molar-refractivity contribution < 1.29 is 9.53 Å². The van der Waals surface area contributed by atoms with Gasteiger partial charge in [-0.2, -0.15) is 0 Å². The first-order valence-electron chi connectivity index (χ1n) is 7.66. The average molecular weight is 364 g/mol. The Bertz CT molecular complexity index is 708. The van der Waals surface area contributed by atoms with Crippen molar-refractivity contribution in [2.75, 3.05) is 18.2 Å². The molecule has 2 aromatic carbocycles. The summed E-state index contributed by atoms with van der Waals surface area (Å²) >= 11 is 7.33. The number of methoxy groups -OCH3 is 1. The van der Waals surface area contributed by atoms with E-state index in [4.69, 9.17) is 16.3 Å². The van der Waals surface area contributed by atoms with E-state index in [9.17, 15) is 4.79 Å². The molecule has 0 spiro atoms. The quantitative estimate of drug-likeness (QED) is 0.725. The fourth-order valence-corrected chi connectivity index (χ4v) is 2.96. The summed E-state index contributed by atoms with van der Waals surface area (Å²) in [5.41, 5.74) is 1.85. The van der Waals surface area contributed by atoms with Crippen LogP contribution in [0.3, 0.4) is 0 Å². The molecule has 0 aromatic heterocycles. The first-order valence-corrected chi connectivity index (χ1v) is 9.02. The van der Waals surface area contributed by atoms with Crippen LogP contribution in [0.2, 0.25) is 5.02 Å². The van der Waals surface area contributed by atoms with E-state index in [2.05, 4.69) is 26.1 Å². The number of carbonyl (C=O) groups excluding carboxylic acids is 1. The summed E-state index contributed by atoms with van der Waals surface area (Å²) in [6, 6.07) is 13.3. The van der Waals surface area contributed by atoms with Crippen molar-refractivity contribution in [3.63, 3.8) is 0 Å². The van der Waals surface area contributed by atoms with E-state index in [-0.39, 0.29) is 11.3 Å². The summed E-state index contributed by atoms with van der Waals surface area (Å²) in [6.45, 7) is 6.41. The van der Waals surface area contributed by atoms with Crippen molar-refractivity contribution in [3.05, 3.63) is 53.1 Å². The van der Waals surface area contributed by atoms with Gasteiger partial charge in [-0.3, -0.25) is 4.79 Å².